The Kier molecular flexibility index (Phi) is 4.30. The van der Waals surface area contributed by atoms with Gasteiger partial charge < -0.3 is 15.4 Å². The van der Waals surface area contributed by atoms with Crippen molar-refractivity contribution in [3.05, 3.63) is 29.8 Å². The molecule has 7 nitrogen and oxygen atoms in total. The van der Waals surface area contributed by atoms with Crippen LogP contribution in [-0.4, -0.2) is 47.5 Å². The lowest BCUT2D eigenvalue weighted by atomic mass is 9.98. The number of fused-ring (bicyclic) bond motifs is 1. The van der Waals surface area contributed by atoms with Crippen molar-refractivity contribution in [2.45, 2.75) is 50.2 Å². The minimum atomic E-state index is -0.663. The molecule has 1 aliphatic carbocycles. The van der Waals surface area contributed by atoms with E-state index >= 15 is 0 Å². The summed E-state index contributed by atoms with van der Waals surface area (Å²) in [4.78, 5) is 38.2. The Labute approximate surface area is 152 Å². The molecule has 1 saturated carbocycles. The van der Waals surface area contributed by atoms with E-state index in [4.69, 9.17) is 4.74 Å². The smallest absolute Gasteiger partial charge is 0.325 e. The van der Waals surface area contributed by atoms with E-state index in [1.807, 2.05) is 24.3 Å². The van der Waals surface area contributed by atoms with Gasteiger partial charge in [0.25, 0.3) is 11.8 Å². The summed E-state index contributed by atoms with van der Waals surface area (Å²) in [5, 5.41) is 5.70. The van der Waals surface area contributed by atoms with E-state index < -0.39 is 11.6 Å². The van der Waals surface area contributed by atoms with Gasteiger partial charge in [0.15, 0.2) is 6.10 Å². The van der Waals surface area contributed by atoms with Crippen LogP contribution >= 0.6 is 0 Å². The molecule has 138 valence electrons. The molecule has 26 heavy (non-hydrogen) atoms. The Morgan fingerprint density at radius 3 is 2.81 bits per heavy atom. The lowest BCUT2D eigenvalue weighted by Gasteiger charge is -2.20. The highest BCUT2D eigenvalue weighted by molar-refractivity contribution is 6.07. The Morgan fingerprint density at radius 1 is 1.27 bits per heavy atom. The molecule has 1 saturated heterocycles. The molecule has 3 aliphatic rings. The Morgan fingerprint density at radius 2 is 2.04 bits per heavy atom. The summed E-state index contributed by atoms with van der Waals surface area (Å²) in [5.74, 6) is 0.486. The van der Waals surface area contributed by atoms with Gasteiger partial charge in [-0.05, 0) is 30.9 Å². The Bertz CT molecular complexity index is 717. The molecule has 2 fully saturated rings. The normalized spacial score (nSPS) is 23.1. The largest absolute Gasteiger partial charge is 0.480 e. The molecule has 2 heterocycles. The summed E-state index contributed by atoms with van der Waals surface area (Å²) in [6, 6.07) is 7.32. The van der Waals surface area contributed by atoms with Crippen molar-refractivity contribution in [1.82, 2.24) is 15.5 Å². The number of para-hydroxylation sites is 1. The van der Waals surface area contributed by atoms with Gasteiger partial charge in [0.05, 0.1) is 0 Å². The predicted molar refractivity (Wildman–Crippen MR) is 93.6 cm³/mol. The number of hydrogen-bond acceptors (Lipinski definition) is 4. The fourth-order valence-corrected chi connectivity index (χ4v) is 4.09. The standard InChI is InChI=1S/C19H23N3O4/c23-16(15-12-13-6-1-2-7-14(13)26-15)20-10-5-11-22-17(24)19(21-18(22)25)8-3-4-9-19/h1-2,6-7,15H,3-5,8-12H2,(H,20,23)(H,21,25)/t15-/m1/s1. The number of urea groups is 1. The van der Waals surface area contributed by atoms with Crippen LogP contribution in [0.4, 0.5) is 4.79 Å². The first-order valence-electron chi connectivity index (χ1n) is 9.25. The number of ether oxygens (including phenoxy) is 1. The van der Waals surface area contributed by atoms with Crippen LogP contribution in [0.15, 0.2) is 24.3 Å². The average Bonchev–Trinajstić information content (AvgIpc) is 3.32. The second kappa shape index (κ2) is 6.63. The fourth-order valence-electron chi connectivity index (χ4n) is 4.09. The number of benzene rings is 1. The number of amides is 4. The number of carbonyl (C=O) groups excluding carboxylic acids is 3. The molecule has 7 heteroatoms. The summed E-state index contributed by atoms with van der Waals surface area (Å²) in [6.45, 7) is 0.720. The molecule has 4 rings (SSSR count). The zero-order chi connectivity index (χ0) is 18.1. The van der Waals surface area contributed by atoms with E-state index in [-0.39, 0.29) is 17.8 Å². The summed E-state index contributed by atoms with van der Waals surface area (Å²) >= 11 is 0. The highest BCUT2D eigenvalue weighted by Gasteiger charge is 2.52. The van der Waals surface area contributed by atoms with Gasteiger partial charge in [-0.1, -0.05) is 31.0 Å². The SMILES string of the molecule is O=C(NCCCN1C(=O)NC2(CCCC2)C1=O)[C@H]1Cc2ccccc2O1. The van der Waals surface area contributed by atoms with Crippen LogP contribution in [0.25, 0.3) is 0 Å². The second-order valence-electron chi connectivity index (χ2n) is 7.24. The number of nitrogens with zero attached hydrogens (tertiary/aromatic N) is 1. The van der Waals surface area contributed by atoms with Gasteiger partial charge in [0, 0.05) is 19.5 Å². The van der Waals surface area contributed by atoms with Gasteiger partial charge in [-0.2, -0.15) is 0 Å². The van der Waals surface area contributed by atoms with Gasteiger partial charge in [-0.3, -0.25) is 14.5 Å². The topological polar surface area (TPSA) is 87.7 Å². The van der Waals surface area contributed by atoms with E-state index in [2.05, 4.69) is 10.6 Å². The molecule has 1 spiro atoms. The molecule has 2 aliphatic heterocycles. The Balaban J connectivity index is 1.23. The first-order chi connectivity index (χ1) is 12.6. The Hall–Kier alpha value is -2.57. The van der Waals surface area contributed by atoms with Gasteiger partial charge in [0.1, 0.15) is 11.3 Å². The average molecular weight is 357 g/mol. The molecule has 0 unspecified atom stereocenters. The first kappa shape index (κ1) is 16.9. The van der Waals surface area contributed by atoms with Crippen molar-refractivity contribution in [1.29, 1.82) is 0 Å². The van der Waals surface area contributed by atoms with E-state index in [9.17, 15) is 14.4 Å². The zero-order valence-electron chi connectivity index (χ0n) is 14.6. The van der Waals surface area contributed by atoms with Crippen LogP contribution in [0.2, 0.25) is 0 Å². The third-order valence-electron chi connectivity index (χ3n) is 5.50. The lowest BCUT2D eigenvalue weighted by Crippen LogP contribution is -2.44. The van der Waals surface area contributed by atoms with Crippen LogP contribution in [0.5, 0.6) is 5.75 Å². The van der Waals surface area contributed by atoms with Crippen LogP contribution in [-0.2, 0) is 16.0 Å². The monoisotopic (exact) mass is 357 g/mol. The first-order valence-corrected chi connectivity index (χ1v) is 9.25. The van der Waals surface area contributed by atoms with E-state index in [0.717, 1.165) is 37.0 Å². The van der Waals surface area contributed by atoms with Crippen molar-refractivity contribution < 1.29 is 19.1 Å². The van der Waals surface area contributed by atoms with Gasteiger partial charge >= 0.3 is 6.03 Å². The minimum Gasteiger partial charge on any atom is -0.480 e. The van der Waals surface area contributed by atoms with E-state index in [1.54, 1.807) is 0 Å². The van der Waals surface area contributed by atoms with Crippen LogP contribution < -0.4 is 15.4 Å². The molecule has 2 N–H and O–H groups in total. The number of imide groups is 1. The van der Waals surface area contributed by atoms with Crippen molar-refractivity contribution in [3.8, 4) is 5.75 Å². The van der Waals surface area contributed by atoms with E-state index in [0.29, 0.717) is 25.9 Å². The maximum absolute atomic E-state index is 12.5. The van der Waals surface area contributed by atoms with Crippen molar-refractivity contribution >= 4 is 17.8 Å². The van der Waals surface area contributed by atoms with Gasteiger partial charge in [-0.15, -0.1) is 0 Å². The zero-order valence-corrected chi connectivity index (χ0v) is 14.6. The summed E-state index contributed by atoms with van der Waals surface area (Å²) < 4.78 is 5.66. The third kappa shape index (κ3) is 2.91. The van der Waals surface area contributed by atoms with Gasteiger partial charge in [0.2, 0.25) is 0 Å². The molecule has 1 aromatic rings. The summed E-state index contributed by atoms with van der Waals surface area (Å²) in [5.41, 5.74) is 0.373. The van der Waals surface area contributed by atoms with Crippen LogP contribution in [0, 0.1) is 0 Å². The van der Waals surface area contributed by atoms with Crippen LogP contribution in [0.3, 0.4) is 0 Å². The molecule has 0 bridgehead atoms. The lowest BCUT2D eigenvalue weighted by molar-refractivity contribution is -0.131. The fraction of sp³-hybridized carbons (Fsp3) is 0.526. The highest BCUT2D eigenvalue weighted by Crippen LogP contribution is 2.35. The number of nitrogens with one attached hydrogen (secondary N) is 2. The van der Waals surface area contributed by atoms with Crippen molar-refractivity contribution in [2.24, 2.45) is 0 Å². The second-order valence-corrected chi connectivity index (χ2v) is 7.24. The number of rotatable bonds is 5. The molecule has 1 atom stereocenters. The molecule has 0 aromatic heterocycles. The predicted octanol–water partition coefficient (Wildman–Crippen LogP) is 1.36. The molecule has 0 radical (unpaired) electrons. The summed E-state index contributed by atoms with van der Waals surface area (Å²) in [7, 11) is 0. The third-order valence-corrected chi connectivity index (χ3v) is 5.50. The van der Waals surface area contributed by atoms with Crippen molar-refractivity contribution in [2.75, 3.05) is 13.1 Å². The highest BCUT2D eigenvalue weighted by atomic mass is 16.5. The maximum atomic E-state index is 12.5. The van der Waals surface area contributed by atoms with Gasteiger partial charge in [-0.25, -0.2) is 4.79 Å². The maximum Gasteiger partial charge on any atom is 0.325 e. The quantitative estimate of drug-likeness (QED) is 0.615. The van der Waals surface area contributed by atoms with E-state index in [1.165, 1.54) is 4.90 Å². The number of hydrogen-bond donors (Lipinski definition) is 2. The van der Waals surface area contributed by atoms with Crippen LogP contribution in [0.1, 0.15) is 37.7 Å². The van der Waals surface area contributed by atoms with Crippen molar-refractivity contribution in [3.63, 3.8) is 0 Å². The molecular weight excluding hydrogens is 334 g/mol. The minimum absolute atomic E-state index is 0.110. The molecule has 4 amide bonds. The number of carbonyl (C=O) groups is 3. The molecule has 1 aromatic carbocycles. The summed E-state index contributed by atoms with van der Waals surface area (Å²) in [6.07, 6.45) is 3.98. The molecular formula is C19H23N3O4.